The van der Waals surface area contributed by atoms with Crippen LogP contribution in [0.3, 0.4) is 0 Å². The van der Waals surface area contributed by atoms with Gasteiger partial charge in [-0.15, -0.1) is 0 Å². The average molecular weight is 224 g/mol. The molecule has 84 valence electrons. The first-order valence-corrected chi connectivity index (χ1v) is 5.27. The van der Waals surface area contributed by atoms with Crippen LogP contribution in [0.5, 0.6) is 0 Å². The van der Waals surface area contributed by atoms with Crippen LogP contribution in [0, 0.1) is 0 Å². The number of carboxylic acid groups (broad SMARTS) is 1. The lowest BCUT2D eigenvalue weighted by Gasteiger charge is -2.06. The van der Waals surface area contributed by atoms with E-state index in [0.29, 0.717) is 0 Å². The van der Waals surface area contributed by atoms with E-state index in [1.54, 1.807) is 12.2 Å². The molecule has 2 nitrogen and oxygen atoms in total. The van der Waals surface area contributed by atoms with Crippen LogP contribution in [0.25, 0.3) is 22.9 Å². The number of carbonyl (C=O) groups is 1. The predicted molar refractivity (Wildman–Crippen MR) is 70.7 cm³/mol. The van der Waals surface area contributed by atoms with Crippen LogP contribution in [0.1, 0.15) is 11.1 Å². The molecule has 2 heteroatoms. The fourth-order valence-corrected chi connectivity index (χ4v) is 1.83. The highest BCUT2D eigenvalue weighted by molar-refractivity contribution is 5.97. The van der Waals surface area contributed by atoms with E-state index in [2.05, 4.69) is 6.58 Å². The highest BCUT2D eigenvalue weighted by Crippen LogP contribution is 2.24. The Morgan fingerprint density at radius 2 is 1.94 bits per heavy atom. The molecule has 0 saturated carbocycles. The zero-order valence-electron chi connectivity index (χ0n) is 9.26. The van der Waals surface area contributed by atoms with E-state index >= 15 is 0 Å². The number of aliphatic carboxylic acids is 1. The molecule has 0 fully saturated rings. The second-order valence-electron chi connectivity index (χ2n) is 3.67. The van der Waals surface area contributed by atoms with Gasteiger partial charge in [-0.2, -0.15) is 0 Å². The molecule has 2 rings (SSSR count). The summed E-state index contributed by atoms with van der Waals surface area (Å²) < 4.78 is 0. The molecule has 0 aliphatic rings. The van der Waals surface area contributed by atoms with Crippen LogP contribution in [0.4, 0.5) is 0 Å². The second-order valence-corrected chi connectivity index (χ2v) is 3.67. The third kappa shape index (κ3) is 2.26. The van der Waals surface area contributed by atoms with Crippen LogP contribution in [0.15, 0.2) is 49.1 Å². The lowest BCUT2D eigenvalue weighted by molar-refractivity contribution is -0.131. The molecule has 0 unspecified atom stereocenters. The van der Waals surface area contributed by atoms with Crippen molar-refractivity contribution in [2.45, 2.75) is 0 Å². The number of benzene rings is 2. The van der Waals surface area contributed by atoms with Gasteiger partial charge in [0.25, 0.3) is 0 Å². The number of fused-ring (bicyclic) bond motifs is 1. The molecule has 0 bridgehead atoms. The maximum atomic E-state index is 10.6. The molecule has 2 aromatic rings. The maximum Gasteiger partial charge on any atom is 0.328 e. The first-order valence-electron chi connectivity index (χ1n) is 5.27. The van der Waals surface area contributed by atoms with Crippen molar-refractivity contribution in [3.8, 4) is 0 Å². The average Bonchev–Trinajstić information content (AvgIpc) is 2.35. The van der Waals surface area contributed by atoms with Crippen molar-refractivity contribution in [1.82, 2.24) is 0 Å². The molecule has 0 atom stereocenters. The highest BCUT2D eigenvalue weighted by Gasteiger charge is 2.02. The smallest absolute Gasteiger partial charge is 0.328 e. The summed E-state index contributed by atoms with van der Waals surface area (Å²) in [6, 6.07) is 11.8. The van der Waals surface area contributed by atoms with Gasteiger partial charge in [-0.1, -0.05) is 49.1 Å². The quantitative estimate of drug-likeness (QED) is 0.809. The molecule has 17 heavy (non-hydrogen) atoms. The Kier molecular flexibility index (Phi) is 3.06. The Morgan fingerprint density at radius 3 is 2.65 bits per heavy atom. The monoisotopic (exact) mass is 224 g/mol. The first kappa shape index (κ1) is 11.1. The van der Waals surface area contributed by atoms with Crippen molar-refractivity contribution >= 4 is 28.9 Å². The maximum absolute atomic E-state index is 10.6. The summed E-state index contributed by atoms with van der Waals surface area (Å²) in [5.41, 5.74) is 1.82. The number of rotatable bonds is 3. The second kappa shape index (κ2) is 4.66. The number of hydrogen-bond donors (Lipinski definition) is 1. The lowest BCUT2D eigenvalue weighted by Crippen LogP contribution is -1.88. The van der Waals surface area contributed by atoms with Crippen LogP contribution < -0.4 is 0 Å². The third-order valence-corrected chi connectivity index (χ3v) is 2.62. The van der Waals surface area contributed by atoms with Crippen LogP contribution in [0.2, 0.25) is 0 Å². The summed E-state index contributed by atoms with van der Waals surface area (Å²) in [5.74, 6) is -0.951. The summed E-state index contributed by atoms with van der Waals surface area (Å²) in [7, 11) is 0. The van der Waals surface area contributed by atoms with Gasteiger partial charge >= 0.3 is 5.97 Å². The summed E-state index contributed by atoms with van der Waals surface area (Å²) in [6.45, 7) is 3.74. The largest absolute Gasteiger partial charge is 0.478 e. The molecule has 0 radical (unpaired) electrons. The van der Waals surface area contributed by atoms with E-state index in [-0.39, 0.29) is 0 Å². The molecule has 0 heterocycles. The molecule has 0 spiro atoms. The normalized spacial score (nSPS) is 10.8. The Morgan fingerprint density at radius 1 is 1.18 bits per heavy atom. The van der Waals surface area contributed by atoms with E-state index < -0.39 is 5.97 Å². The van der Waals surface area contributed by atoms with Gasteiger partial charge in [-0.05, 0) is 28.0 Å². The van der Waals surface area contributed by atoms with Gasteiger partial charge in [0.15, 0.2) is 0 Å². The van der Waals surface area contributed by atoms with Crippen molar-refractivity contribution in [2.24, 2.45) is 0 Å². The van der Waals surface area contributed by atoms with Gasteiger partial charge in [0.1, 0.15) is 0 Å². The van der Waals surface area contributed by atoms with Crippen LogP contribution in [-0.4, -0.2) is 11.1 Å². The van der Waals surface area contributed by atoms with Crippen molar-refractivity contribution in [1.29, 1.82) is 0 Å². The van der Waals surface area contributed by atoms with Crippen LogP contribution in [-0.2, 0) is 4.79 Å². The van der Waals surface area contributed by atoms with Crippen molar-refractivity contribution in [3.05, 3.63) is 60.2 Å². The van der Waals surface area contributed by atoms with Crippen molar-refractivity contribution in [2.75, 3.05) is 0 Å². The van der Waals surface area contributed by atoms with Gasteiger partial charge in [0.2, 0.25) is 0 Å². The Bertz CT molecular complexity index is 609. The van der Waals surface area contributed by atoms with Crippen molar-refractivity contribution in [3.63, 3.8) is 0 Å². The Hall–Kier alpha value is -2.35. The minimum Gasteiger partial charge on any atom is -0.478 e. The first-order chi connectivity index (χ1) is 8.22. The van der Waals surface area contributed by atoms with Gasteiger partial charge in [0, 0.05) is 6.08 Å². The molecular formula is C15H12O2. The summed E-state index contributed by atoms with van der Waals surface area (Å²) in [4.78, 5) is 10.6. The SMILES string of the molecule is C=Cc1ccc2ccccc2c1C=CC(=O)O. The van der Waals surface area contributed by atoms with E-state index in [1.165, 1.54) is 0 Å². The third-order valence-electron chi connectivity index (χ3n) is 2.62. The standard InChI is InChI=1S/C15H12O2/c1-2-11-7-8-12-5-3-4-6-13(12)14(11)9-10-15(16)17/h2-10H,1H2,(H,16,17). The highest BCUT2D eigenvalue weighted by atomic mass is 16.4. The van der Waals surface area contributed by atoms with Gasteiger partial charge in [-0.3, -0.25) is 0 Å². The Labute approximate surface area is 99.5 Å². The molecule has 0 amide bonds. The van der Waals surface area contributed by atoms with E-state index in [9.17, 15) is 4.79 Å². The molecule has 0 saturated heterocycles. The fourth-order valence-electron chi connectivity index (χ4n) is 1.83. The summed E-state index contributed by atoms with van der Waals surface area (Å²) >= 11 is 0. The molecular weight excluding hydrogens is 212 g/mol. The van der Waals surface area contributed by atoms with Crippen molar-refractivity contribution < 1.29 is 9.90 Å². The van der Waals surface area contributed by atoms with Crippen LogP contribution >= 0.6 is 0 Å². The minimum absolute atomic E-state index is 0.889. The van der Waals surface area contributed by atoms with E-state index in [0.717, 1.165) is 28.0 Å². The molecule has 1 N–H and O–H groups in total. The summed E-state index contributed by atoms with van der Waals surface area (Å²) in [5, 5.41) is 10.8. The molecule has 0 aliphatic heterocycles. The van der Waals surface area contributed by atoms with E-state index in [1.807, 2.05) is 36.4 Å². The fraction of sp³-hybridized carbons (Fsp3) is 0. The predicted octanol–water partition coefficient (Wildman–Crippen LogP) is 3.58. The Balaban J connectivity index is 2.71. The number of hydrogen-bond acceptors (Lipinski definition) is 1. The zero-order valence-corrected chi connectivity index (χ0v) is 9.26. The van der Waals surface area contributed by atoms with Gasteiger partial charge in [-0.25, -0.2) is 4.79 Å². The molecule has 0 aromatic heterocycles. The number of carboxylic acids is 1. The lowest BCUT2D eigenvalue weighted by atomic mass is 9.98. The zero-order chi connectivity index (χ0) is 12.3. The van der Waals surface area contributed by atoms with E-state index in [4.69, 9.17) is 5.11 Å². The summed E-state index contributed by atoms with van der Waals surface area (Å²) in [6.07, 6.45) is 4.49. The molecule has 0 aliphatic carbocycles. The minimum atomic E-state index is -0.951. The topological polar surface area (TPSA) is 37.3 Å². The molecule has 2 aromatic carbocycles. The van der Waals surface area contributed by atoms with Gasteiger partial charge < -0.3 is 5.11 Å². The van der Waals surface area contributed by atoms with Gasteiger partial charge in [0.05, 0.1) is 0 Å².